The van der Waals surface area contributed by atoms with Crippen LogP contribution in [0.4, 0.5) is 5.69 Å². The molecule has 168 valence electrons. The highest BCUT2D eigenvalue weighted by Crippen LogP contribution is 2.32. The molecule has 0 saturated carbocycles. The zero-order chi connectivity index (χ0) is 23.4. The minimum Gasteiger partial charge on any atom is -0.497 e. The molecule has 1 aliphatic rings. The Hall–Kier alpha value is -4.06. The Morgan fingerprint density at radius 3 is 2.06 bits per heavy atom. The topological polar surface area (TPSA) is 67.9 Å². The van der Waals surface area contributed by atoms with Crippen molar-refractivity contribution >= 4 is 23.1 Å². The van der Waals surface area contributed by atoms with Gasteiger partial charge in [0.25, 0.3) is 11.8 Å². The third-order valence-electron chi connectivity index (χ3n) is 5.44. The van der Waals surface area contributed by atoms with Crippen molar-refractivity contribution in [1.82, 2.24) is 4.90 Å². The summed E-state index contributed by atoms with van der Waals surface area (Å²) in [5.74, 6) is 0.772. The summed E-state index contributed by atoms with van der Waals surface area (Å²) in [5, 5.41) is 3.18. The van der Waals surface area contributed by atoms with Gasteiger partial charge < -0.3 is 14.8 Å². The van der Waals surface area contributed by atoms with Gasteiger partial charge in [-0.15, -0.1) is 0 Å². The number of hydrogen-bond donors (Lipinski definition) is 1. The van der Waals surface area contributed by atoms with Gasteiger partial charge in [-0.2, -0.15) is 0 Å². The fourth-order valence-electron chi connectivity index (χ4n) is 3.68. The summed E-state index contributed by atoms with van der Waals surface area (Å²) in [6, 6.07) is 22.2. The average molecular weight is 443 g/mol. The van der Waals surface area contributed by atoms with Crippen LogP contribution in [0.15, 0.2) is 78.5 Å². The van der Waals surface area contributed by atoms with Crippen LogP contribution >= 0.6 is 0 Å². The summed E-state index contributed by atoms with van der Waals surface area (Å²) in [4.78, 5) is 28.1. The van der Waals surface area contributed by atoms with Gasteiger partial charge in [-0.25, -0.2) is 0 Å². The van der Waals surface area contributed by atoms with Crippen molar-refractivity contribution in [3.8, 4) is 11.5 Å². The highest BCUT2D eigenvalue weighted by molar-refractivity contribution is 6.36. The van der Waals surface area contributed by atoms with Gasteiger partial charge in [-0.3, -0.25) is 14.5 Å². The Balaban J connectivity index is 1.67. The van der Waals surface area contributed by atoms with Gasteiger partial charge in [0, 0.05) is 5.69 Å². The Kier molecular flexibility index (Phi) is 6.45. The van der Waals surface area contributed by atoms with Gasteiger partial charge in [0.2, 0.25) is 0 Å². The van der Waals surface area contributed by atoms with Gasteiger partial charge >= 0.3 is 0 Å². The second-order valence-electron chi connectivity index (χ2n) is 7.74. The fourth-order valence-corrected chi connectivity index (χ4v) is 3.68. The number of amides is 2. The Labute approximate surface area is 193 Å². The van der Waals surface area contributed by atoms with E-state index in [0.717, 1.165) is 16.9 Å². The van der Waals surface area contributed by atoms with Gasteiger partial charge in [0.1, 0.15) is 17.2 Å². The molecule has 6 heteroatoms. The van der Waals surface area contributed by atoms with Crippen molar-refractivity contribution < 1.29 is 19.1 Å². The van der Waals surface area contributed by atoms with E-state index in [-0.39, 0.29) is 24.1 Å². The number of nitrogens with zero attached hydrogens (tertiary/aromatic N) is 1. The molecule has 0 aromatic heterocycles. The number of hydrogen-bond acceptors (Lipinski definition) is 5. The molecule has 0 bridgehead atoms. The van der Waals surface area contributed by atoms with Crippen LogP contribution in [0.25, 0.3) is 5.57 Å². The molecule has 0 spiro atoms. The van der Waals surface area contributed by atoms with Gasteiger partial charge in [0.05, 0.1) is 25.8 Å². The lowest BCUT2D eigenvalue weighted by Crippen LogP contribution is -2.32. The maximum atomic E-state index is 13.4. The average Bonchev–Trinajstić information content (AvgIpc) is 3.06. The van der Waals surface area contributed by atoms with Crippen molar-refractivity contribution in [2.75, 3.05) is 19.0 Å². The molecule has 0 radical (unpaired) electrons. The first-order chi connectivity index (χ1) is 16.0. The van der Waals surface area contributed by atoms with E-state index in [9.17, 15) is 9.59 Å². The first-order valence-corrected chi connectivity index (χ1v) is 10.8. The van der Waals surface area contributed by atoms with Crippen LogP contribution in [-0.2, 0) is 16.1 Å². The second kappa shape index (κ2) is 9.61. The van der Waals surface area contributed by atoms with E-state index >= 15 is 0 Å². The van der Waals surface area contributed by atoms with Crippen LogP contribution in [0.1, 0.15) is 23.6 Å². The van der Waals surface area contributed by atoms with Gasteiger partial charge in [-0.05, 0) is 61.4 Å². The number of ether oxygens (including phenoxy) is 2. The summed E-state index contributed by atoms with van der Waals surface area (Å²) in [6.45, 7) is 4.65. The Morgan fingerprint density at radius 1 is 0.818 bits per heavy atom. The molecule has 3 aromatic carbocycles. The molecular weight excluding hydrogens is 416 g/mol. The molecule has 0 aliphatic carbocycles. The van der Waals surface area contributed by atoms with Crippen LogP contribution in [0.2, 0.25) is 0 Å². The molecule has 1 heterocycles. The van der Waals surface area contributed by atoms with E-state index in [2.05, 4.69) is 5.32 Å². The van der Waals surface area contributed by atoms with Crippen LogP contribution in [0.3, 0.4) is 0 Å². The van der Waals surface area contributed by atoms with Crippen molar-refractivity contribution in [3.05, 3.63) is 95.2 Å². The van der Waals surface area contributed by atoms with E-state index in [1.165, 1.54) is 4.90 Å². The molecule has 1 aliphatic heterocycles. The lowest BCUT2D eigenvalue weighted by molar-refractivity contribution is -0.137. The number of carbonyl (C=O) groups excluding carboxylic acids is 2. The zero-order valence-electron chi connectivity index (χ0n) is 18.9. The van der Waals surface area contributed by atoms with E-state index in [0.29, 0.717) is 29.2 Å². The molecule has 33 heavy (non-hydrogen) atoms. The smallest absolute Gasteiger partial charge is 0.278 e. The molecule has 0 unspecified atom stereocenters. The van der Waals surface area contributed by atoms with E-state index < -0.39 is 0 Å². The normalized spacial score (nSPS) is 13.5. The predicted octanol–water partition coefficient (Wildman–Crippen LogP) is 4.79. The number of nitrogens with one attached hydrogen (secondary N) is 1. The first-order valence-electron chi connectivity index (χ1n) is 10.8. The highest BCUT2D eigenvalue weighted by Gasteiger charge is 2.39. The molecule has 3 aromatic rings. The molecule has 4 rings (SSSR count). The SMILES string of the molecule is CCOc1ccc(NC2=C(c3ccc(C)cc3)C(=O)N(Cc3ccc(OC)cc3)C2=O)cc1. The minimum absolute atomic E-state index is 0.172. The summed E-state index contributed by atoms with van der Waals surface area (Å²) in [5.41, 5.74) is 3.94. The van der Waals surface area contributed by atoms with Gasteiger partial charge in [-0.1, -0.05) is 42.0 Å². The largest absolute Gasteiger partial charge is 0.497 e. The quantitative estimate of drug-likeness (QED) is 0.508. The molecule has 1 N–H and O–H groups in total. The van der Waals surface area contributed by atoms with Crippen LogP contribution < -0.4 is 14.8 Å². The monoisotopic (exact) mass is 442 g/mol. The minimum atomic E-state index is -0.361. The van der Waals surface area contributed by atoms with Crippen molar-refractivity contribution in [1.29, 1.82) is 0 Å². The lowest BCUT2D eigenvalue weighted by atomic mass is 10.0. The number of imide groups is 1. The number of anilines is 1. The molecular formula is C27H26N2O4. The molecule has 0 fully saturated rings. The number of rotatable bonds is 8. The Bertz CT molecular complexity index is 1180. The molecule has 0 saturated heterocycles. The number of methoxy groups -OCH3 is 1. The highest BCUT2D eigenvalue weighted by atomic mass is 16.5. The summed E-state index contributed by atoms with van der Waals surface area (Å²) in [7, 11) is 1.60. The van der Waals surface area contributed by atoms with E-state index in [1.807, 2.05) is 86.6 Å². The summed E-state index contributed by atoms with van der Waals surface area (Å²) < 4.78 is 10.7. The van der Waals surface area contributed by atoms with E-state index in [1.54, 1.807) is 7.11 Å². The maximum Gasteiger partial charge on any atom is 0.278 e. The molecule has 0 atom stereocenters. The lowest BCUT2D eigenvalue weighted by Gasteiger charge is -2.16. The Morgan fingerprint density at radius 2 is 1.45 bits per heavy atom. The number of benzene rings is 3. The zero-order valence-corrected chi connectivity index (χ0v) is 18.9. The maximum absolute atomic E-state index is 13.4. The second-order valence-corrected chi connectivity index (χ2v) is 7.74. The number of aryl methyl sites for hydroxylation is 1. The molecule has 6 nitrogen and oxygen atoms in total. The summed E-state index contributed by atoms with van der Waals surface area (Å²) in [6.07, 6.45) is 0. The van der Waals surface area contributed by atoms with Crippen molar-refractivity contribution in [3.63, 3.8) is 0 Å². The first kappa shape index (κ1) is 22.1. The van der Waals surface area contributed by atoms with Gasteiger partial charge in [0.15, 0.2) is 0 Å². The third-order valence-corrected chi connectivity index (χ3v) is 5.44. The van der Waals surface area contributed by atoms with Crippen LogP contribution in [0.5, 0.6) is 11.5 Å². The predicted molar refractivity (Wildman–Crippen MR) is 128 cm³/mol. The third kappa shape index (κ3) is 4.75. The fraction of sp³-hybridized carbons (Fsp3) is 0.185. The van der Waals surface area contributed by atoms with Crippen molar-refractivity contribution in [2.45, 2.75) is 20.4 Å². The summed E-state index contributed by atoms with van der Waals surface area (Å²) >= 11 is 0. The van der Waals surface area contributed by atoms with Crippen LogP contribution in [0, 0.1) is 6.92 Å². The van der Waals surface area contributed by atoms with E-state index in [4.69, 9.17) is 9.47 Å². The van der Waals surface area contributed by atoms with Crippen LogP contribution in [-0.4, -0.2) is 30.4 Å². The molecule has 2 amide bonds. The standard InChI is InChI=1S/C27H26N2O4/c1-4-33-23-15-11-21(12-16-23)28-25-24(20-9-5-18(2)6-10-20)26(30)29(27(25)31)17-19-7-13-22(32-3)14-8-19/h5-16,28H,4,17H2,1-3H3. The van der Waals surface area contributed by atoms with Crippen molar-refractivity contribution in [2.24, 2.45) is 0 Å². The number of carbonyl (C=O) groups is 2.